The Bertz CT molecular complexity index is 475. The number of nitrogens with two attached hydrogens (primary N) is 1. The molecule has 0 saturated heterocycles. The molecule has 0 spiro atoms. The van der Waals surface area contributed by atoms with Crippen molar-refractivity contribution in [1.82, 2.24) is 4.90 Å². The Morgan fingerprint density at radius 2 is 1.70 bits per heavy atom. The molecule has 108 valence electrons. The van der Waals surface area contributed by atoms with Gasteiger partial charge in [-0.3, -0.25) is 4.99 Å². The van der Waals surface area contributed by atoms with Gasteiger partial charge in [0, 0.05) is 6.04 Å². The zero-order chi connectivity index (χ0) is 13.9. The van der Waals surface area contributed by atoms with Gasteiger partial charge >= 0.3 is 0 Å². The Kier molecular flexibility index (Phi) is 3.90. The lowest BCUT2D eigenvalue weighted by Crippen LogP contribution is -2.43. The minimum absolute atomic E-state index is 0.179. The van der Waals surface area contributed by atoms with Gasteiger partial charge in [-0.2, -0.15) is 0 Å². The van der Waals surface area contributed by atoms with Crippen molar-refractivity contribution in [3.63, 3.8) is 0 Å². The van der Waals surface area contributed by atoms with Crippen LogP contribution < -0.4 is 5.73 Å². The Labute approximate surface area is 119 Å². The third kappa shape index (κ3) is 2.65. The summed E-state index contributed by atoms with van der Waals surface area (Å²) >= 11 is 0. The molecule has 1 fully saturated rings. The van der Waals surface area contributed by atoms with E-state index in [0.717, 1.165) is 5.56 Å². The molecule has 4 heteroatoms. The minimum atomic E-state index is -0.193. The highest BCUT2D eigenvalue weighted by Crippen LogP contribution is 2.32. The second kappa shape index (κ2) is 5.81. The molecule has 2 N–H and O–H groups in total. The molecule has 1 aliphatic heterocycles. The van der Waals surface area contributed by atoms with Crippen molar-refractivity contribution >= 4 is 5.96 Å². The first-order chi connectivity index (χ1) is 9.75. The van der Waals surface area contributed by atoms with E-state index in [1.165, 1.54) is 50.7 Å². The molecule has 0 aromatic heterocycles. The number of benzene rings is 1. The maximum Gasteiger partial charge on any atom is 0.192 e. The summed E-state index contributed by atoms with van der Waals surface area (Å²) < 4.78 is 13.1. The second-order valence-electron chi connectivity index (χ2n) is 5.82. The van der Waals surface area contributed by atoms with E-state index in [-0.39, 0.29) is 11.9 Å². The number of guanidine groups is 1. The van der Waals surface area contributed by atoms with Crippen LogP contribution in [-0.4, -0.2) is 23.4 Å². The Morgan fingerprint density at radius 1 is 1.05 bits per heavy atom. The van der Waals surface area contributed by atoms with Crippen LogP contribution in [0.3, 0.4) is 0 Å². The van der Waals surface area contributed by atoms with Crippen LogP contribution in [0.25, 0.3) is 0 Å². The van der Waals surface area contributed by atoms with Crippen molar-refractivity contribution < 1.29 is 4.39 Å². The predicted octanol–water partition coefficient (Wildman–Crippen LogP) is 3.22. The molecular weight excluding hydrogens is 253 g/mol. The van der Waals surface area contributed by atoms with Gasteiger partial charge in [0.2, 0.25) is 0 Å². The van der Waals surface area contributed by atoms with Gasteiger partial charge in [0.1, 0.15) is 5.82 Å². The van der Waals surface area contributed by atoms with E-state index in [4.69, 9.17) is 5.73 Å². The minimum Gasteiger partial charge on any atom is -0.370 e. The van der Waals surface area contributed by atoms with Crippen LogP contribution >= 0.6 is 0 Å². The first-order valence-electron chi connectivity index (χ1n) is 7.59. The zero-order valence-electron chi connectivity index (χ0n) is 11.8. The van der Waals surface area contributed by atoms with Crippen molar-refractivity contribution in [2.24, 2.45) is 10.7 Å². The summed E-state index contributed by atoms with van der Waals surface area (Å²) in [7, 11) is 0. The second-order valence-corrected chi connectivity index (χ2v) is 5.82. The van der Waals surface area contributed by atoms with Gasteiger partial charge in [0.15, 0.2) is 5.96 Å². The normalized spacial score (nSPS) is 24.6. The smallest absolute Gasteiger partial charge is 0.192 e. The lowest BCUT2D eigenvalue weighted by molar-refractivity contribution is 0.237. The molecule has 1 heterocycles. The average Bonchev–Trinajstić information content (AvgIpc) is 2.67. The summed E-state index contributed by atoms with van der Waals surface area (Å²) in [5, 5.41) is 0. The molecule has 2 aliphatic rings. The van der Waals surface area contributed by atoms with Crippen LogP contribution in [0.2, 0.25) is 0 Å². The van der Waals surface area contributed by atoms with Crippen molar-refractivity contribution in [2.75, 3.05) is 6.54 Å². The number of rotatable bonds is 2. The van der Waals surface area contributed by atoms with Gasteiger partial charge < -0.3 is 10.6 Å². The van der Waals surface area contributed by atoms with Crippen molar-refractivity contribution in [2.45, 2.75) is 50.6 Å². The molecule has 1 aliphatic carbocycles. The molecule has 1 unspecified atom stereocenters. The highest BCUT2D eigenvalue weighted by atomic mass is 19.1. The van der Waals surface area contributed by atoms with Crippen molar-refractivity contribution in [1.29, 1.82) is 0 Å². The maximum atomic E-state index is 13.1. The van der Waals surface area contributed by atoms with Crippen molar-refractivity contribution in [3.05, 3.63) is 35.6 Å². The summed E-state index contributed by atoms with van der Waals surface area (Å²) in [6.07, 6.45) is 7.56. The van der Waals surface area contributed by atoms with E-state index >= 15 is 0 Å². The molecule has 1 saturated carbocycles. The van der Waals surface area contributed by atoms with Crippen LogP contribution in [0.15, 0.2) is 29.3 Å². The van der Waals surface area contributed by atoms with E-state index in [2.05, 4.69) is 9.89 Å². The fourth-order valence-corrected chi connectivity index (χ4v) is 3.44. The quantitative estimate of drug-likeness (QED) is 0.842. The average molecular weight is 275 g/mol. The Hall–Kier alpha value is -1.58. The van der Waals surface area contributed by atoms with Gasteiger partial charge in [-0.25, -0.2) is 4.39 Å². The van der Waals surface area contributed by atoms with E-state index < -0.39 is 0 Å². The molecule has 0 amide bonds. The third-order valence-electron chi connectivity index (χ3n) is 4.50. The zero-order valence-corrected chi connectivity index (χ0v) is 11.8. The number of nitrogens with zero attached hydrogens (tertiary/aromatic N) is 2. The summed E-state index contributed by atoms with van der Waals surface area (Å²) in [4.78, 5) is 6.71. The number of hydrogen-bond acceptors (Lipinski definition) is 3. The van der Waals surface area contributed by atoms with Gasteiger partial charge in [-0.15, -0.1) is 0 Å². The molecule has 0 bridgehead atoms. The first kappa shape index (κ1) is 13.4. The lowest BCUT2D eigenvalue weighted by atomic mass is 10.0. The topological polar surface area (TPSA) is 41.6 Å². The lowest BCUT2D eigenvalue weighted by Gasteiger charge is -2.34. The summed E-state index contributed by atoms with van der Waals surface area (Å²) in [6.45, 7) is 0.688. The van der Waals surface area contributed by atoms with E-state index in [0.29, 0.717) is 18.5 Å². The molecule has 1 aromatic rings. The molecular formula is C16H22FN3. The van der Waals surface area contributed by atoms with Gasteiger partial charge in [0.25, 0.3) is 0 Å². The monoisotopic (exact) mass is 275 g/mol. The third-order valence-corrected chi connectivity index (χ3v) is 4.50. The van der Waals surface area contributed by atoms with Gasteiger partial charge in [-0.1, -0.05) is 37.8 Å². The molecule has 0 radical (unpaired) electrons. The molecule has 1 aromatic carbocycles. The first-order valence-corrected chi connectivity index (χ1v) is 7.59. The largest absolute Gasteiger partial charge is 0.370 e. The number of hydrogen-bond donors (Lipinski definition) is 1. The van der Waals surface area contributed by atoms with E-state index in [9.17, 15) is 4.39 Å². The molecule has 3 rings (SSSR count). The molecule has 3 nitrogen and oxygen atoms in total. The predicted molar refractivity (Wildman–Crippen MR) is 79.0 cm³/mol. The van der Waals surface area contributed by atoms with Gasteiger partial charge in [0.05, 0.1) is 12.6 Å². The van der Waals surface area contributed by atoms with Crippen LogP contribution in [-0.2, 0) is 0 Å². The van der Waals surface area contributed by atoms with E-state index in [1.807, 2.05) is 12.1 Å². The molecule has 20 heavy (non-hydrogen) atoms. The Balaban J connectivity index is 1.81. The Morgan fingerprint density at radius 3 is 2.35 bits per heavy atom. The van der Waals surface area contributed by atoms with Crippen LogP contribution in [0, 0.1) is 5.82 Å². The van der Waals surface area contributed by atoms with Crippen LogP contribution in [0.5, 0.6) is 0 Å². The number of halogens is 1. The standard InChI is InChI=1S/C16H22FN3/c17-13-9-7-12(8-10-13)15-11-19-16(18)20(15)14-5-3-1-2-4-6-14/h7-10,14-15H,1-6,11H2,(H2,18,19). The summed E-state index contributed by atoms with van der Waals surface area (Å²) in [6, 6.07) is 7.43. The van der Waals surface area contributed by atoms with Gasteiger partial charge in [-0.05, 0) is 30.5 Å². The van der Waals surface area contributed by atoms with Crippen LogP contribution in [0.4, 0.5) is 4.39 Å². The van der Waals surface area contributed by atoms with Crippen LogP contribution in [0.1, 0.15) is 50.1 Å². The fourth-order valence-electron chi connectivity index (χ4n) is 3.44. The fraction of sp³-hybridized carbons (Fsp3) is 0.562. The van der Waals surface area contributed by atoms with Crippen molar-refractivity contribution in [3.8, 4) is 0 Å². The number of aliphatic imine (C=N–C) groups is 1. The summed E-state index contributed by atoms with van der Waals surface area (Å²) in [5.41, 5.74) is 7.23. The molecule has 1 atom stereocenters. The maximum absolute atomic E-state index is 13.1. The SMILES string of the molecule is NC1=NCC(c2ccc(F)cc2)N1C1CCCCCC1. The summed E-state index contributed by atoms with van der Waals surface area (Å²) in [5.74, 6) is 0.466. The highest BCUT2D eigenvalue weighted by molar-refractivity contribution is 5.80. The van der Waals surface area contributed by atoms with E-state index in [1.54, 1.807) is 0 Å². The highest BCUT2D eigenvalue weighted by Gasteiger charge is 2.33.